The number of benzene rings is 3. The molecule has 0 spiro atoms. The van der Waals surface area contributed by atoms with E-state index in [9.17, 15) is 26.3 Å². The first-order chi connectivity index (χ1) is 17.2. The zero-order valence-electron chi connectivity index (χ0n) is 19.8. The van der Waals surface area contributed by atoms with Gasteiger partial charge in [-0.3, -0.25) is 0 Å². The van der Waals surface area contributed by atoms with E-state index in [-0.39, 0.29) is 29.6 Å². The van der Waals surface area contributed by atoms with Crippen molar-refractivity contribution in [2.75, 3.05) is 6.61 Å². The largest absolute Gasteiger partial charge is 0.487 e. The van der Waals surface area contributed by atoms with Crippen LogP contribution in [0.2, 0.25) is 0 Å². The van der Waals surface area contributed by atoms with Crippen molar-refractivity contribution < 1.29 is 31.1 Å². The Morgan fingerprint density at radius 3 is 1.97 bits per heavy atom. The first-order valence-corrected chi connectivity index (χ1v) is 12.0. The molecule has 192 valence electrons. The van der Waals surface area contributed by atoms with Gasteiger partial charge in [-0.1, -0.05) is 19.1 Å². The second-order valence-electron chi connectivity index (χ2n) is 9.35. The maximum atomic E-state index is 14.8. The molecule has 2 nitrogen and oxygen atoms in total. The summed E-state index contributed by atoms with van der Waals surface area (Å²) in [5, 5.41) is 0. The van der Waals surface area contributed by atoms with Gasteiger partial charge in [-0.15, -0.1) is 0 Å². The molecule has 0 radical (unpaired) electrons. The fraction of sp³-hybridized carbons (Fsp3) is 0.357. The topological polar surface area (TPSA) is 35.2 Å². The molecule has 0 amide bonds. The summed E-state index contributed by atoms with van der Waals surface area (Å²) in [4.78, 5) is 0. The lowest BCUT2D eigenvalue weighted by Crippen LogP contribution is -2.20. The summed E-state index contributed by atoms with van der Waals surface area (Å²) in [6, 6.07) is 7.96. The smallest absolute Gasteiger partial charge is 0.194 e. The molecule has 1 fully saturated rings. The molecule has 4 rings (SSSR count). The van der Waals surface area contributed by atoms with Crippen molar-refractivity contribution in [3.8, 4) is 16.9 Å². The quantitative estimate of drug-likeness (QED) is 0.260. The predicted octanol–water partition coefficient (Wildman–Crippen LogP) is 7.95. The van der Waals surface area contributed by atoms with Gasteiger partial charge in [0.25, 0.3) is 0 Å². The highest BCUT2D eigenvalue weighted by Crippen LogP contribution is 2.38. The highest BCUT2D eigenvalue weighted by atomic mass is 19.2. The van der Waals surface area contributed by atoms with Crippen LogP contribution in [0.15, 0.2) is 42.5 Å². The van der Waals surface area contributed by atoms with Gasteiger partial charge in [-0.05, 0) is 91.0 Å². The first-order valence-electron chi connectivity index (χ1n) is 12.0. The predicted molar refractivity (Wildman–Crippen MR) is 125 cm³/mol. The maximum Gasteiger partial charge on any atom is 0.194 e. The summed E-state index contributed by atoms with van der Waals surface area (Å²) in [6.45, 7) is 1.99. The molecule has 3 aromatic rings. The van der Waals surface area contributed by atoms with Gasteiger partial charge < -0.3 is 10.5 Å². The van der Waals surface area contributed by atoms with Crippen LogP contribution in [-0.2, 0) is 0 Å². The van der Waals surface area contributed by atoms with Crippen LogP contribution in [0.1, 0.15) is 62.1 Å². The summed E-state index contributed by atoms with van der Waals surface area (Å²) in [5.74, 6) is -6.82. The van der Waals surface area contributed by atoms with Gasteiger partial charge in [0, 0.05) is 11.6 Å². The molecule has 0 aromatic heterocycles. The van der Waals surface area contributed by atoms with Crippen LogP contribution in [-0.4, -0.2) is 6.61 Å². The number of rotatable bonds is 7. The Bertz CT molecular complexity index is 1190. The highest BCUT2D eigenvalue weighted by Gasteiger charge is 2.25. The Hall–Kier alpha value is -3.00. The van der Waals surface area contributed by atoms with Crippen LogP contribution >= 0.6 is 0 Å². The SMILES string of the molecule is CCC(N)c1cc(F)c(OCC2CCC(c3ccc(-c4cc(F)c(F)c(F)c4)c(F)c3)CC2)c(F)c1. The van der Waals surface area contributed by atoms with Crippen molar-refractivity contribution in [1.82, 2.24) is 0 Å². The number of halogens is 6. The third-order valence-electron chi connectivity index (χ3n) is 6.96. The summed E-state index contributed by atoms with van der Waals surface area (Å²) in [5.41, 5.74) is 6.89. The van der Waals surface area contributed by atoms with Crippen LogP contribution in [0.25, 0.3) is 11.1 Å². The summed E-state index contributed by atoms with van der Waals surface area (Å²) < 4.78 is 89.4. The molecule has 0 aliphatic heterocycles. The molecule has 8 heteroatoms. The molecule has 0 heterocycles. The third kappa shape index (κ3) is 5.53. The normalized spacial score (nSPS) is 18.8. The van der Waals surface area contributed by atoms with E-state index in [1.165, 1.54) is 24.3 Å². The zero-order valence-corrected chi connectivity index (χ0v) is 19.8. The minimum Gasteiger partial charge on any atom is -0.487 e. The van der Waals surface area contributed by atoms with E-state index in [1.807, 2.05) is 6.92 Å². The van der Waals surface area contributed by atoms with Gasteiger partial charge >= 0.3 is 0 Å². The summed E-state index contributed by atoms with van der Waals surface area (Å²) >= 11 is 0. The van der Waals surface area contributed by atoms with Crippen LogP contribution < -0.4 is 10.5 Å². The van der Waals surface area contributed by atoms with Crippen molar-refractivity contribution >= 4 is 0 Å². The number of nitrogens with two attached hydrogens (primary N) is 1. The molecular weight excluding hydrogens is 480 g/mol. The van der Waals surface area contributed by atoms with E-state index in [1.54, 1.807) is 6.07 Å². The van der Waals surface area contributed by atoms with Gasteiger partial charge in [-0.25, -0.2) is 26.3 Å². The standard InChI is InChI=1S/C28H27F6NO/c1-2-26(35)19-12-24(32)28(25(33)13-19)36-14-15-3-5-16(6-4-15)17-7-8-20(21(29)9-17)18-10-22(30)27(34)23(31)11-18/h7-13,15-16,26H,2-6,14,35H2,1H3. The van der Waals surface area contributed by atoms with Crippen LogP contribution in [0.4, 0.5) is 26.3 Å². The van der Waals surface area contributed by atoms with Gasteiger partial charge in [0.15, 0.2) is 34.8 Å². The van der Waals surface area contributed by atoms with Crippen molar-refractivity contribution in [3.05, 3.63) is 88.5 Å². The fourth-order valence-corrected chi connectivity index (χ4v) is 4.76. The fourth-order valence-electron chi connectivity index (χ4n) is 4.76. The van der Waals surface area contributed by atoms with Crippen LogP contribution in [0.3, 0.4) is 0 Å². The zero-order chi connectivity index (χ0) is 26.0. The molecule has 1 atom stereocenters. The minimum atomic E-state index is -1.60. The van der Waals surface area contributed by atoms with Crippen molar-refractivity contribution in [1.29, 1.82) is 0 Å². The van der Waals surface area contributed by atoms with Gasteiger partial charge in [0.2, 0.25) is 0 Å². The van der Waals surface area contributed by atoms with Crippen molar-refractivity contribution in [2.24, 2.45) is 11.7 Å². The van der Waals surface area contributed by atoms with Gasteiger partial charge in [0.05, 0.1) is 6.61 Å². The molecule has 1 saturated carbocycles. The van der Waals surface area contributed by atoms with Gasteiger partial charge in [-0.2, -0.15) is 0 Å². The number of hydrogen-bond donors (Lipinski definition) is 1. The van der Waals surface area contributed by atoms with E-state index in [0.717, 1.165) is 43.4 Å². The highest BCUT2D eigenvalue weighted by molar-refractivity contribution is 5.65. The average molecular weight is 508 g/mol. The molecule has 3 aromatic carbocycles. The molecule has 1 aliphatic carbocycles. The van der Waals surface area contributed by atoms with Crippen molar-refractivity contribution in [2.45, 2.75) is 51.0 Å². The molecule has 1 unspecified atom stereocenters. The molecule has 1 aliphatic rings. The molecule has 36 heavy (non-hydrogen) atoms. The Morgan fingerprint density at radius 2 is 1.42 bits per heavy atom. The van der Waals surface area contributed by atoms with Gasteiger partial charge in [0.1, 0.15) is 5.82 Å². The number of ether oxygens (including phenoxy) is 1. The second-order valence-corrected chi connectivity index (χ2v) is 9.35. The lowest BCUT2D eigenvalue weighted by atomic mass is 9.78. The lowest BCUT2D eigenvalue weighted by Gasteiger charge is -2.29. The molecule has 0 bridgehead atoms. The van der Waals surface area contributed by atoms with E-state index >= 15 is 0 Å². The van der Waals surface area contributed by atoms with E-state index in [0.29, 0.717) is 12.0 Å². The van der Waals surface area contributed by atoms with Crippen molar-refractivity contribution in [3.63, 3.8) is 0 Å². The molecule has 0 saturated heterocycles. The Balaban J connectivity index is 1.37. The summed E-state index contributed by atoms with van der Waals surface area (Å²) in [6.07, 6.45) is 3.46. The van der Waals surface area contributed by atoms with E-state index in [2.05, 4.69) is 0 Å². The Labute approximate surface area is 206 Å². The molecular formula is C28H27F6NO. The first kappa shape index (κ1) is 26.1. The third-order valence-corrected chi connectivity index (χ3v) is 6.96. The monoisotopic (exact) mass is 507 g/mol. The minimum absolute atomic E-state index is 0.0198. The average Bonchev–Trinajstić information content (AvgIpc) is 2.86. The Kier molecular flexibility index (Phi) is 7.93. The van der Waals surface area contributed by atoms with Crippen LogP contribution in [0, 0.1) is 40.8 Å². The second kappa shape index (κ2) is 10.9. The lowest BCUT2D eigenvalue weighted by molar-refractivity contribution is 0.187. The summed E-state index contributed by atoms with van der Waals surface area (Å²) in [7, 11) is 0. The van der Waals surface area contributed by atoms with E-state index in [4.69, 9.17) is 10.5 Å². The van der Waals surface area contributed by atoms with E-state index < -0.39 is 46.7 Å². The maximum absolute atomic E-state index is 14.8. The van der Waals surface area contributed by atoms with Crippen LogP contribution in [0.5, 0.6) is 5.75 Å². The molecule has 2 N–H and O–H groups in total. The number of hydrogen-bond acceptors (Lipinski definition) is 2. The Morgan fingerprint density at radius 1 is 0.806 bits per heavy atom.